The van der Waals surface area contributed by atoms with Gasteiger partial charge in [0.1, 0.15) is 6.04 Å². The molecular weight excluding hydrogens is 492 g/mol. The minimum atomic E-state index is -0.838. The average molecular weight is 525 g/mol. The van der Waals surface area contributed by atoms with E-state index in [1.54, 1.807) is 0 Å². The lowest BCUT2D eigenvalue weighted by Gasteiger charge is -2.36. The van der Waals surface area contributed by atoms with E-state index in [9.17, 15) is 9.59 Å². The zero-order valence-corrected chi connectivity index (χ0v) is 22.2. The lowest BCUT2D eigenvalue weighted by atomic mass is 9.67. The summed E-state index contributed by atoms with van der Waals surface area (Å²) in [5, 5.41) is 2.96. The Bertz CT molecular complexity index is 1440. The van der Waals surface area contributed by atoms with Gasteiger partial charge in [-0.3, -0.25) is 9.59 Å². The summed E-state index contributed by atoms with van der Waals surface area (Å²) in [5.74, 6) is -0.813. The first kappa shape index (κ1) is 26.6. The Morgan fingerprint density at radius 2 is 0.975 bits per heavy atom. The van der Waals surface area contributed by atoms with Crippen LogP contribution >= 0.6 is 0 Å². The molecule has 5 aromatic rings. The van der Waals surface area contributed by atoms with Gasteiger partial charge in [0.15, 0.2) is 0 Å². The molecule has 0 heterocycles. The van der Waals surface area contributed by atoms with Gasteiger partial charge in [-0.1, -0.05) is 146 Å². The Hall–Kier alpha value is -4.96. The lowest BCUT2D eigenvalue weighted by molar-refractivity contribution is -0.127. The monoisotopic (exact) mass is 524 g/mol. The fourth-order valence-corrected chi connectivity index (χ4v) is 5.38. The first-order valence-corrected chi connectivity index (χ1v) is 13.5. The van der Waals surface area contributed by atoms with E-state index in [1.165, 1.54) is 0 Å². The molecule has 40 heavy (non-hydrogen) atoms. The summed E-state index contributed by atoms with van der Waals surface area (Å²) in [6.07, 6.45) is 0.424. The number of nitrogens with one attached hydrogen (secondary N) is 1. The highest BCUT2D eigenvalue weighted by molar-refractivity contribution is 5.88. The molecule has 5 rings (SSSR count). The zero-order chi connectivity index (χ0) is 27.8. The molecule has 4 nitrogen and oxygen atoms in total. The molecule has 0 aliphatic rings. The minimum Gasteiger partial charge on any atom is -0.368 e. The molecule has 0 radical (unpaired) electrons. The van der Waals surface area contributed by atoms with Crippen molar-refractivity contribution in [3.63, 3.8) is 0 Å². The molecule has 4 heteroatoms. The van der Waals surface area contributed by atoms with Crippen LogP contribution in [0.15, 0.2) is 146 Å². The smallest absolute Gasteiger partial charge is 0.240 e. The maximum absolute atomic E-state index is 13.8. The minimum absolute atomic E-state index is 0.113. The predicted molar refractivity (Wildman–Crippen MR) is 161 cm³/mol. The zero-order valence-electron chi connectivity index (χ0n) is 22.2. The van der Waals surface area contributed by atoms with Crippen molar-refractivity contribution in [2.75, 3.05) is 0 Å². The number of amides is 2. The summed E-state index contributed by atoms with van der Waals surface area (Å²) in [4.78, 5) is 26.3. The fourth-order valence-electron chi connectivity index (χ4n) is 5.38. The number of carbonyl (C=O) groups excluding carboxylic acids is 2. The second-order valence-corrected chi connectivity index (χ2v) is 9.97. The number of hydrogen-bond donors (Lipinski definition) is 2. The third-order valence-electron chi connectivity index (χ3n) is 7.41. The number of rotatable bonds is 10. The highest BCUT2D eigenvalue weighted by Gasteiger charge is 2.39. The molecule has 0 unspecified atom stereocenters. The van der Waals surface area contributed by atoms with E-state index in [0.29, 0.717) is 6.42 Å². The summed E-state index contributed by atoms with van der Waals surface area (Å²) in [7, 11) is 0. The SMILES string of the molecule is NC(=O)[C@@H](Cc1ccc(-c2ccccc2)cc1)NC(=O)CC(c1ccccc1)(c1ccccc1)c1ccccc1. The van der Waals surface area contributed by atoms with Crippen LogP contribution in [0.5, 0.6) is 0 Å². The van der Waals surface area contributed by atoms with Gasteiger partial charge >= 0.3 is 0 Å². The van der Waals surface area contributed by atoms with Gasteiger partial charge < -0.3 is 11.1 Å². The standard InChI is InChI=1S/C36H32N2O2/c37-35(40)33(25-27-21-23-29(24-22-27)28-13-5-1-6-14-28)38-34(39)26-36(30-15-7-2-8-16-30,31-17-9-3-10-18-31)32-19-11-4-12-20-32/h1-24,33H,25-26H2,(H2,37,40)(H,38,39)/t33-/m1/s1. The van der Waals surface area contributed by atoms with Crippen LogP contribution in [0.1, 0.15) is 28.7 Å². The van der Waals surface area contributed by atoms with Gasteiger partial charge in [-0.05, 0) is 33.4 Å². The van der Waals surface area contributed by atoms with E-state index in [1.807, 2.05) is 133 Å². The van der Waals surface area contributed by atoms with E-state index in [2.05, 4.69) is 17.4 Å². The average Bonchev–Trinajstić information content (AvgIpc) is 3.01. The number of hydrogen-bond acceptors (Lipinski definition) is 2. The summed E-state index contributed by atoms with van der Waals surface area (Å²) < 4.78 is 0. The molecule has 3 N–H and O–H groups in total. The van der Waals surface area contributed by atoms with Crippen molar-refractivity contribution in [1.82, 2.24) is 5.32 Å². The van der Waals surface area contributed by atoms with E-state index < -0.39 is 17.4 Å². The largest absolute Gasteiger partial charge is 0.368 e. The highest BCUT2D eigenvalue weighted by Crippen LogP contribution is 2.42. The molecule has 1 atom stereocenters. The van der Waals surface area contributed by atoms with Crippen molar-refractivity contribution in [3.8, 4) is 11.1 Å². The fraction of sp³-hybridized carbons (Fsp3) is 0.111. The lowest BCUT2D eigenvalue weighted by Crippen LogP contribution is -2.48. The molecular formula is C36H32N2O2. The van der Waals surface area contributed by atoms with Crippen molar-refractivity contribution in [2.45, 2.75) is 24.3 Å². The Labute approximate surface area is 235 Å². The van der Waals surface area contributed by atoms with E-state index in [-0.39, 0.29) is 12.3 Å². The van der Waals surface area contributed by atoms with Crippen molar-refractivity contribution >= 4 is 11.8 Å². The van der Waals surface area contributed by atoms with Crippen LogP contribution < -0.4 is 11.1 Å². The first-order chi connectivity index (χ1) is 19.6. The number of carbonyl (C=O) groups is 2. The van der Waals surface area contributed by atoms with Gasteiger partial charge in [0, 0.05) is 12.8 Å². The van der Waals surface area contributed by atoms with Crippen LogP contribution in [0.25, 0.3) is 11.1 Å². The maximum atomic E-state index is 13.8. The third kappa shape index (κ3) is 5.87. The molecule has 5 aromatic carbocycles. The summed E-state index contributed by atoms with van der Waals surface area (Å²) in [5.41, 5.74) is 11.2. The topological polar surface area (TPSA) is 72.2 Å². The van der Waals surface area contributed by atoms with E-state index in [0.717, 1.165) is 33.4 Å². The Kier molecular flexibility index (Phi) is 8.17. The van der Waals surface area contributed by atoms with Crippen molar-refractivity contribution in [2.24, 2.45) is 5.73 Å². The number of nitrogens with two attached hydrogens (primary N) is 1. The molecule has 0 bridgehead atoms. The van der Waals surface area contributed by atoms with Gasteiger partial charge in [0.2, 0.25) is 11.8 Å². The molecule has 0 fully saturated rings. The molecule has 0 saturated heterocycles. The van der Waals surface area contributed by atoms with Gasteiger partial charge in [-0.2, -0.15) is 0 Å². The van der Waals surface area contributed by atoms with Crippen LogP contribution in [0.2, 0.25) is 0 Å². The quantitative estimate of drug-likeness (QED) is 0.211. The van der Waals surface area contributed by atoms with Crippen molar-refractivity contribution in [1.29, 1.82) is 0 Å². The summed E-state index contributed by atoms with van der Waals surface area (Å²) in [6.45, 7) is 0. The summed E-state index contributed by atoms with van der Waals surface area (Å²) in [6, 6.07) is 47.4. The third-order valence-corrected chi connectivity index (χ3v) is 7.41. The maximum Gasteiger partial charge on any atom is 0.240 e. The van der Waals surface area contributed by atoms with E-state index in [4.69, 9.17) is 5.73 Å². The van der Waals surface area contributed by atoms with Crippen LogP contribution in [0, 0.1) is 0 Å². The number of benzene rings is 5. The Morgan fingerprint density at radius 3 is 1.40 bits per heavy atom. The number of primary amides is 1. The molecule has 2 amide bonds. The second-order valence-electron chi connectivity index (χ2n) is 9.97. The van der Waals surface area contributed by atoms with Gasteiger partial charge in [-0.15, -0.1) is 0 Å². The first-order valence-electron chi connectivity index (χ1n) is 13.5. The van der Waals surface area contributed by atoms with Gasteiger partial charge in [0.25, 0.3) is 0 Å². The van der Waals surface area contributed by atoms with Crippen molar-refractivity contribution < 1.29 is 9.59 Å². The summed E-state index contributed by atoms with van der Waals surface area (Å²) >= 11 is 0. The Balaban J connectivity index is 1.43. The second kappa shape index (κ2) is 12.3. The van der Waals surface area contributed by atoms with Gasteiger partial charge in [0.05, 0.1) is 5.41 Å². The molecule has 0 aliphatic heterocycles. The molecule has 0 aliphatic carbocycles. The van der Waals surface area contributed by atoms with Gasteiger partial charge in [-0.25, -0.2) is 0 Å². The predicted octanol–water partition coefficient (Wildman–Crippen LogP) is 6.29. The van der Waals surface area contributed by atoms with Crippen LogP contribution in [-0.4, -0.2) is 17.9 Å². The molecule has 0 aromatic heterocycles. The molecule has 198 valence electrons. The Morgan fingerprint density at radius 1 is 0.575 bits per heavy atom. The van der Waals surface area contributed by atoms with Crippen LogP contribution in [-0.2, 0) is 21.4 Å². The normalized spacial score (nSPS) is 11.9. The van der Waals surface area contributed by atoms with Crippen LogP contribution in [0.4, 0.5) is 0 Å². The van der Waals surface area contributed by atoms with Crippen LogP contribution in [0.3, 0.4) is 0 Å². The highest BCUT2D eigenvalue weighted by atomic mass is 16.2. The molecule has 0 saturated carbocycles. The molecule has 0 spiro atoms. The van der Waals surface area contributed by atoms with Crippen molar-refractivity contribution in [3.05, 3.63) is 168 Å². The van der Waals surface area contributed by atoms with E-state index >= 15 is 0 Å².